The maximum atomic E-state index is 12.3. The number of hydrogen-bond acceptors (Lipinski definition) is 1. The van der Waals surface area contributed by atoms with Gasteiger partial charge in [-0.1, -0.05) is 59.7 Å². The molecule has 1 aliphatic rings. The van der Waals surface area contributed by atoms with E-state index in [9.17, 15) is 4.79 Å². The lowest BCUT2D eigenvalue weighted by Crippen LogP contribution is -2.58. The molecule has 2 nitrogen and oxygen atoms in total. The van der Waals surface area contributed by atoms with Gasteiger partial charge in [-0.25, -0.2) is 0 Å². The van der Waals surface area contributed by atoms with Gasteiger partial charge in [0.2, 0.25) is 0 Å². The standard InChI is InChI=1S/C16H23NO/c1-14(2,3)16(15(4,5)6)12-10-8-7-9-11(12)13(18)17-16/h7-10H,1-6H3,(H,17,18). The molecular formula is C16H23NO. The molecule has 2 rings (SSSR count). The summed E-state index contributed by atoms with van der Waals surface area (Å²) in [5, 5.41) is 3.27. The summed E-state index contributed by atoms with van der Waals surface area (Å²) in [7, 11) is 0. The highest BCUT2D eigenvalue weighted by atomic mass is 16.2. The van der Waals surface area contributed by atoms with Crippen molar-refractivity contribution < 1.29 is 4.79 Å². The van der Waals surface area contributed by atoms with Gasteiger partial charge in [0.1, 0.15) is 0 Å². The molecule has 0 atom stereocenters. The maximum absolute atomic E-state index is 12.3. The Morgan fingerprint density at radius 1 is 0.944 bits per heavy atom. The lowest BCUT2D eigenvalue weighted by molar-refractivity contribution is 0.0260. The van der Waals surface area contributed by atoms with E-state index in [4.69, 9.17) is 0 Å². The average Bonchev–Trinajstić information content (AvgIpc) is 2.52. The Balaban J connectivity index is 2.78. The van der Waals surface area contributed by atoms with Crippen molar-refractivity contribution >= 4 is 5.91 Å². The topological polar surface area (TPSA) is 29.1 Å². The number of carbonyl (C=O) groups excluding carboxylic acids is 1. The minimum absolute atomic E-state index is 0.0481. The molecule has 0 aromatic heterocycles. The summed E-state index contributed by atoms with van der Waals surface area (Å²) in [6.45, 7) is 13.2. The molecule has 1 aromatic carbocycles. The quantitative estimate of drug-likeness (QED) is 0.741. The van der Waals surface area contributed by atoms with E-state index in [1.165, 1.54) is 0 Å². The van der Waals surface area contributed by atoms with Crippen molar-refractivity contribution in [1.29, 1.82) is 0 Å². The molecule has 0 unspecified atom stereocenters. The summed E-state index contributed by atoms with van der Waals surface area (Å²) in [5.74, 6) is 0.0513. The molecule has 98 valence electrons. The van der Waals surface area contributed by atoms with Crippen LogP contribution in [0.2, 0.25) is 0 Å². The second-order valence-electron chi connectivity index (χ2n) is 7.25. The van der Waals surface area contributed by atoms with Crippen LogP contribution >= 0.6 is 0 Å². The van der Waals surface area contributed by atoms with Crippen molar-refractivity contribution in [3.8, 4) is 0 Å². The van der Waals surface area contributed by atoms with E-state index < -0.39 is 0 Å². The predicted molar refractivity (Wildman–Crippen MR) is 74.5 cm³/mol. The van der Waals surface area contributed by atoms with Crippen molar-refractivity contribution in [2.24, 2.45) is 10.8 Å². The van der Waals surface area contributed by atoms with Crippen LogP contribution in [0.5, 0.6) is 0 Å². The van der Waals surface area contributed by atoms with Gasteiger partial charge < -0.3 is 5.32 Å². The van der Waals surface area contributed by atoms with Gasteiger partial charge >= 0.3 is 0 Å². The summed E-state index contributed by atoms with van der Waals surface area (Å²) in [4.78, 5) is 12.3. The lowest BCUT2D eigenvalue weighted by Gasteiger charge is -2.51. The van der Waals surface area contributed by atoms with E-state index in [0.717, 1.165) is 11.1 Å². The zero-order valence-corrected chi connectivity index (χ0v) is 12.2. The summed E-state index contributed by atoms with van der Waals surface area (Å²) < 4.78 is 0. The Bertz CT molecular complexity index is 475. The van der Waals surface area contributed by atoms with Crippen LogP contribution in [0.15, 0.2) is 24.3 Å². The molecule has 0 saturated carbocycles. The van der Waals surface area contributed by atoms with Gasteiger partial charge in [-0.05, 0) is 22.5 Å². The third kappa shape index (κ3) is 1.51. The number of carbonyl (C=O) groups is 1. The van der Waals surface area contributed by atoms with Gasteiger partial charge in [-0.2, -0.15) is 0 Å². The third-order valence-corrected chi connectivity index (χ3v) is 4.13. The molecule has 0 saturated heterocycles. The highest BCUT2D eigenvalue weighted by Crippen LogP contribution is 2.54. The summed E-state index contributed by atoms with van der Waals surface area (Å²) in [5.41, 5.74) is 1.53. The van der Waals surface area contributed by atoms with Crippen LogP contribution in [0.25, 0.3) is 0 Å². The van der Waals surface area contributed by atoms with Crippen LogP contribution in [0, 0.1) is 10.8 Å². The smallest absolute Gasteiger partial charge is 0.252 e. The zero-order valence-electron chi connectivity index (χ0n) is 12.2. The molecule has 2 heteroatoms. The molecule has 0 spiro atoms. The van der Waals surface area contributed by atoms with Crippen molar-refractivity contribution in [2.75, 3.05) is 0 Å². The second kappa shape index (κ2) is 3.59. The maximum Gasteiger partial charge on any atom is 0.252 e. The molecule has 0 aliphatic carbocycles. The summed E-state index contributed by atoms with van der Waals surface area (Å²) in [6, 6.07) is 7.96. The molecule has 0 bridgehead atoms. The minimum atomic E-state index is -0.326. The van der Waals surface area contributed by atoms with E-state index in [1.54, 1.807) is 0 Å². The molecule has 18 heavy (non-hydrogen) atoms. The Hall–Kier alpha value is -1.31. The summed E-state index contributed by atoms with van der Waals surface area (Å²) in [6.07, 6.45) is 0. The zero-order chi connectivity index (χ0) is 13.8. The molecular weight excluding hydrogens is 222 g/mol. The summed E-state index contributed by atoms with van der Waals surface area (Å²) >= 11 is 0. The molecule has 1 heterocycles. The van der Waals surface area contributed by atoms with E-state index in [1.807, 2.05) is 18.2 Å². The highest BCUT2D eigenvalue weighted by Gasteiger charge is 2.57. The fourth-order valence-electron chi connectivity index (χ4n) is 3.62. The number of nitrogens with one attached hydrogen (secondary N) is 1. The number of benzene rings is 1. The number of fused-ring (bicyclic) bond motifs is 1. The molecule has 0 radical (unpaired) electrons. The van der Waals surface area contributed by atoms with Crippen LogP contribution < -0.4 is 5.32 Å². The van der Waals surface area contributed by atoms with Gasteiger partial charge in [0.15, 0.2) is 0 Å². The molecule has 0 fully saturated rings. The fourth-order valence-corrected chi connectivity index (χ4v) is 3.62. The van der Waals surface area contributed by atoms with Crippen LogP contribution in [-0.2, 0) is 5.54 Å². The van der Waals surface area contributed by atoms with E-state index in [0.29, 0.717) is 0 Å². The van der Waals surface area contributed by atoms with Gasteiger partial charge in [-0.15, -0.1) is 0 Å². The molecule has 1 aromatic rings. The number of amides is 1. The first-order valence-corrected chi connectivity index (χ1v) is 6.53. The van der Waals surface area contributed by atoms with Crippen LogP contribution in [0.4, 0.5) is 0 Å². The van der Waals surface area contributed by atoms with Crippen molar-refractivity contribution in [1.82, 2.24) is 5.32 Å². The van der Waals surface area contributed by atoms with E-state index in [-0.39, 0.29) is 22.3 Å². The Kier molecular flexibility index (Phi) is 2.62. The van der Waals surface area contributed by atoms with Gasteiger partial charge in [0.25, 0.3) is 5.91 Å². The van der Waals surface area contributed by atoms with E-state index >= 15 is 0 Å². The van der Waals surface area contributed by atoms with Crippen molar-refractivity contribution in [2.45, 2.75) is 47.1 Å². The lowest BCUT2D eigenvalue weighted by atomic mass is 9.57. The molecule has 1 N–H and O–H groups in total. The van der Waals surface area contributed by atoms with Crippen molar-refractivity contribution in [3.05, 3.63) is 35.4 Å². The minimum Gasteiger partial charge on any atom is -0.341 e. The fraction of sp³-hybridized carbons (Fsp3) is 0.562. The Labute approximate surface area is 110 Å². The van der Waals surface area contributed by atoms with Gasteiger partial charge in [0.05, 0.1) is 5.54 Å². The molecule has 1 aliphatic heterocycles. The predicted octanol–water partition coefficient (Wildman–Crippen LogP) is 3.72. The molecule has 1 amide bonds. The third-order valence-electron chi connectivity index (χ3n) is 4.13. The first-order valence-electron chi connectivity index (χ1n) is 6.53. The van der Waals surface area contributed by atoms with Crippen molar-refractivity contribution in [3.63, 3.8) is 0 Å². The van der Waals surface area contributed by atoms with Crippen LogP contribution in [0.3, 0.4) is 0 Å². The normalized spacial score (nSPS) is 18.4. The van der Waals surface area contributed by atoms with Gasteiger partial charge in [0, 0.05) is 5.56 Å². The second-order valence-corrected chi connectivity index (χ2v) is 7.25. The van der Waals surface area contributed by atoms with Crippen LogP contribution in [-0.4, -0.2) is 5.91 Å². The number of hydrogen-bond donors (Lipinski definition) is 1. The first kappa shape index (κ1) is 13.1. The largest absolute Gasteiger partial charge is 0.341 e. The van der Waals surface area contributed by atoms with E-state index in [2.05, 4.69) is 52.9 Å². The average molecular weight is 245 g/mol. The number of rotatable bonds is 0. The van der Waals surface area contributed by atoms with Gasteiger partial charge in [-0.3, -0.25) is 4.79 Å². The Morgan fingerprint density at radius 2 is 1.44 bits per heavy atom. The Morgan fingerprint density at radius 3 is 1.94 bits per heavy atom. The van der Waals surface area contributed by atoms with Crippen LogP contribution in [0.1, 0.15) is 57.5 Å². The first-order chi connectivity index (χ1) is 8.11. The highest BCUT2D eigenvalue weighted by molar-refractivity contribution is 6.00. The SMILES string of the molecule is CC(C)(C)C1(C(C)(C)C)NC(=O)c2ccccc21. The monoisotopic (exact) mass is 245 g/mol.